The molecule has 158 valence electrons. The lowest BCUT2D eigenvalue weighted by Crippen LogP contribution is -2.32. The van der Waals surface area contributed by atoms with Crippen LogP contribution in [-0.4, -0.2) is 68.4 Å². The third kappa shape index (κ3) is 24.6. The van der Waals surface area contributed by atoms with E-state index in [0.717, 1.165) is 0 Å². The van der Waals surface area contributed by atoms with Crippen molar-refractivity contribution in [2.75, 3.05) is 19.8 Å². The van der Waals surface area contributed by atoms with Gasteiger partial charge in [0.15, 0.2) is 0 Å². The second-order valence-electron chi connectivity index (χ2n) is 4.58. The van der Waals surface area contributed by atoms with Crippen molar-refractivity contribution >= 4 is 55.8 Å². The summed E-state index contributed by atoms with van der Waals surface area (Å²) in [5, 5.41) is 49.4. The number of aliphatic carboxylic acids is 3. The minimum atomic E-state index is -1.07. The number of thiol groups is 3. The fraction of sp³-hybridized carbons (Fsp3) is 0.400. The van der Waals surface area contributed by atoms with E-state index in [9.17, 15) is 14.4 Å². The van der Waals surface area contributed by atoms with E-state index in [1.54, 1.807) is 0 Å². The molecule has 0 unspecified atom stereocenters. The molecule has 12 heteroatoms. The van der Waals surface area contributed by atoms with Gasteiger partial charge in [0.25, 0.3) is 0 Å². The normalized spacial score (nSPS) is 9.00. The topological polar surface area (TPSA) is 173 Å². The fourth-order valence-electron chi connectivity index (χ4n) is 0.485. The minimum Gasteiger partial charge on any atom is -0.477 e. The maximum Gasteiger partial charge on any atom is 0.341 e. The Balaban J connectivity index is -0.000000133. The molecular weight excluding hydrogens is 420 g/mol. The third-order valence-corrected chi connectivity index (χ3v) is 3.07. The molecule has 0 aromatic rings. The van der Waals surface area contributed by atoms with Crippen LogP contribution >= 0.6 is 37.9 Å². The number of carbonyl (C=O) groups is 3. The van der Waals surface area contributed by atoms with Gasteiger partial charge < -0.3 is 30.6 Å². The van der Waals surface area contributed by atoms with Crippen molar-refractivity contribution in [2.45, 2.75) is 13.3 Å². The first-order chi connectivity index (χ1) is 12.2. The molecule has 0 aliphatic heterocycles. The Kier molecular flexibility index (Phi) is 23.7. The van der Waals surface area contributed by atoms with Gasteiger partial charge in [-0.1, -0.05) is 26.7 Å². The number of aliphatic hydroxyl groups excluding tert-OH is 3. The summed E-state index contributed by atoms with van der Waals surface area (Å²) in [7, 11) is 0. The van der Waals surface area contributed by atoms with Gasteiger partial charge in [0, 0.05) is 5.41 Å². The molecule has 27 heavy (non-hydrogen) atoms. The third-order valence-electron chi connectivity index (χ3n) is 2.50. The lowest BCUT2D eigenvalue weighted by molar-refractivity contribution is -0.132. The predicted octanol–water partition coefficient (Wildman–Crippen LogP) is 0.903. The molecule has 0 heterocycles. The second-order valence-corrected chi connectivity index (χ2v) is 6.20. The second kappa shape index (κ2) is 19.3. The van der Waals surface area contributed by atoms with E-state index in [1.165, 1.54) is 0 Å². The largest absolute Gasteiger partial charge is 0.477 e. The molecular formula is C15H26O9S3. The average molecular weight is 447 g/mol. The molecule has 6 N–H and O–H groups in total. The average Bonchev–Trinajstić information content (AvgIpc) is 2.58. The highest BCUT2D eigenvalue weighted by Gasteiger charge is 2.24. The Bertz CT molecular complexity index is 404. The summed E-state index contributed by atoms with van der Waals surface area (Å²) in [6, 6.07) is 0. The summed E-state index contributed by atoms with van der Waals surface area (Å²) in [5.74, 6) is -3.21. The molecule has 0 rings (SSSR count). The van der Waals surface area contributed by atoms with Crippen molar-refractivity contribution < 1.29 is 45.0 Å². The van der Waals surface area contributed by atoms with Crippen molar-refractivity contribution in [1.82, 2.24) is 0 Å². The SMILES string of the molecule is C=C(S)C(=O)O.C=C(S)C(=O)O.C=C(S)C(=O)O.CCC(CO)(CO)CO. The van der Waals surface area contributed by atoms with Gasteiger partial charge in [0.2, 0.25) is 0 Å². The monoisotopic (exact) mass is 446 g/mol. The van der Waals surface area contributed by atoms with E-state index in [1.807, 2.05) is 6.92 Å². The maximum atomic E-state index is 9.52. The van der Waals surface area contributed by atoms with E-state index in [0.29, 0.717) is 6.42 Å². The number of rotatable bonds is 7. The van der Waals surface area contributed by atoms with E-state index in [2.05, 4.69) is 57.6 Å². The van der Waals surface area contributed by atoms with Gasteiger partial charge >= 0.3 is 17.9 Å². The summed E-state index contributed by atoms with van der Waals surface area (Å²) in [4.78, 5) is 28.2. The number of hydrogen-bond acceptors (Lipinski definition) is 9. The Morgan fingerprint density at radius 1 is 0.704 bits per heavy atom. The lowest BCUT2D eigenvalue weighted by Gasteiger charge is -2.24. The van der Waals surface area contributed by atoms with Crippen LogP contribution in [0, 0.1) is 5.41 Å². The fourth-order valence-corrected chi connectivity index (χ4v) is 0.485. The molecule has 0 aromatic carbocycles. The van der Waals surface area contributed by atoms with Gasteiger partial charge in [0.1, 0.15) is 0 Å². The Morgan fingerprint density at radius 2 is 0.852 bits per heavy atom. The van der Waals surface area contributed by atoms with Gasteiger partial charge in [-0.05, 0) is 6.42 Å². The highest BCUT2D eigenvalue weighted by atomic mass is 32.1. The van der Waals surface area contributed by atoms with Crippen LogP contribution in [0.25, 0.3) is 0 Å². The molecule has 0 saturated heterocycles. The van der Waals surface area contributed by atoms with Gasteiger partial charge in [0.05, 0.1) is 34.5 Å². The van der Waals surface area contributed by atoms with Crippen LogP contribution in [-0.2, 0) is 14.4 Å². The van der Waals surface area contributed by atoms with Gasteiger partial charge in [-0.25, -0.2) is 14.4 Å². The molecule has 0 atom stereocenters. The zero-order valence-electron chi connectivity index (χ0n) is 14.7. The van der Waals surface area contributed by atoms with Gasteiger partial charge in [-0.3, -0.25) is 0 Å². The smallest absolute Gasteiger partial charge is 0.341 e. The summed E-state index contributed by atoms with van der Waals surface area (Å²) in [5.41, 5.74) is -0.667. The first-order valence-electron chi connectivity index (χ1n) is 6.83. The van der Waals surface area contributed by atoms with Crippen LogP contribution in [0.4, 0.5) is 0 Å². The molecule has 0 fully saturated rings. The summed E-state index contributed by atoms with van der Waals surface area (Å²) in [6.07, 6.45) is 0.594. The van der Waals surface area contributed by atoms with Crippen LogP contribution in [0.15, 0.2) is 34.5 Å². The zero-order valence-corrected chi connectivity index (χ0v) is 17.4. The molecule has 0 aliphatic rings. The molecule has 0 radical (unpaired) electrons. The lowest BCUT2D eigenvalue weighted by atomic mass is 9.88. The summed E-state index contributed by atoms with van der Waals surface area (Å²) < 4.78 is 0. The highest BCUT2D eigenvalue weighted by molar-refractivity contribution is 7.86. The number of aliphatic hydroxyl groups is 3. The standard InChI is InChI=1S/C6H14O3.3C3H4O2S/c1-2-6(3-7,4-8)5-9;3*1-2(6)3(4)5/h7-9H,2-5H2,1H3;3*6H,1H2,(H,4,5). The highest BCUT2D eigenvalue weighted by Crippen LogP contribution is 2.18. The maximum absolute atomic E-state index is 9.52. The molecule has 0 aromatic heterocycles. The van der Waals surface area contributed by atoms with Crippen molar-refractivity contribution in [3.05, 3.63) is 34.5 Å². The van der Waals surface area contributed by atoms with Gasteiger partial charge in [-0.2, -0.15) is 0 Å². The van der Waals surface area contributed by atoms with E-state index in [-0.39, 0.29) is 34.5 Å². The predicted molar refractivity (Wildman–Crippen MR) is 111 cm³/mol. The van der Waals surface area contributed by atoms with E-state index in [4.69, 9.17) is 30.6 Å². The molecule has 9 nitrogen and oxygen atoms in total. The van der Waals surface area contributed by atoms with Gasteiger partial charge in [-0.15, -0.1) is 37.9 Å². The molecule has 0 amide bonds. The van der Waals surface area contributed by atoms with Crippen molar-refractivity contribution in [3.63, 3.8) is 0 Å². The molecule has 0 aliphatic carbocycles. The van der Waals surface area contributed by atoms with E-state index < -0.39 is 23.3 Å². The summed E-state index contributed by atoms with van der Waals surface area (Å²) >= 11 is 10.2. The quantitative estimate of drug-likeness (QED) is 0.203. The van der Waals surface area contributed by atoms with Crippen molar-refractivity contribution in [1.29, 1.82) is 0 Å². The molecule has 0 saturated carbocycles. The Morgan fingerprint density at radius 3 is 0.852 bits per heavy atom. The Labute approximate surface area is 174 Å². The first kappa shape index (κ1) is 33.2. The van der Waals surface area contributed by atoms with E-state index >= 15 is 0 Å². The van der Waals surface area contributed by atoms with Crippen LogP contribution in [0.1, 0.15) is 13.3 Å². The minimum absolute atomic E-state index is 0.130. The number of hydrogen-bond donors (Lipinski definition) is 9. The summed E-state index contributed by atoms with van der Waals surface area (Å²) in [6.45, 7) is 10.4. The molecule has 0 bridgehead atoms. The van der Waals surface area contributed by atoms with Crippen LogP contribution in [0.2, 0.25) is 0 Å². The Hall–Kier alpha value is -1.44. The van der Waals surface area contributed by atoms with Crippen molar-refractivity contribution in [3.8, 4) is 0 Å². The van der Waals surface area contributed by atoms with Crippen LogP contribution < -0.4 is 0 Å². The zero-order chi connectivity index (χ0) is 22.8. The van der Waals surface area contributed by atoms with Crippen LogP contribution in [0.3, 0.4) is 0 Å². The van der Waals surface area contributed by atoms with Crippen LogP contribution in [0.5, 0.6) is 0 Å². The van der Waals surface area contributed by atoms with Crippen molar-refractivity contribution in [2.24, 2.45) is 5.41 Å². The number of carboxylic acid groups (broad SMARTS) is 3. The number of carboxylic acids is 3. The first-order valence-corrected chi connectivity index (χ1v) is 8.18. The molecule has 0 spiro atoms.